The molecule has 0 spiro atoms. The molecular weight excluding hydrogens is 1340 g/mol. The van der Waals surface area contributed by atoms with Crippen molar-refractivity contribution in [3.63, 3.8) is 0 Å². The molecule has 5 rings (SSSR count). The third kappa shape index (κ3) is 26.0. The molecule has 26 nitrogen and oxygen atoms in total. The largest absolute Gasteiger partial charge is 0.416 e. The monoisotopic (exact) mass is 1460 g/mol. The number of rotatable bonds is 16. The van der Waals surface area contributed by atoms with Crippen LogP contribution in [0.15, 0.2) is 18.2 Å². The molecule has 5 N–H and O–H groups in total. The second-order valence-corrected chi connectivity index (χ2v) is 29.6. The van der Waals surface area contributed by atoms with Gasteiger partial charge in [-0.2, -0.15) is 13.2 Å². The van der Waals surface area contributed by atoms with E-state index >= 15 is 4.79 Å². The average molecular weight is 1460 g/mol. The number of carbonyl (C=O) groups excluding carboxylic acids is 12. The van der Waals surface area contributed by atoms with Crippen molar-refractivity contribution in [3.8, 4) is 0 Å². The first-order valence-corrected chi connectivity index (χ1v) is 37.4. The highest BCUT2D eigenvalue weighted by molar-refractivity contribution is 5.98. The molecular formula is C74H120F3N13O13. The van der Waals surface area contributed by atoms with Gasteiger partial charge >= 0.3 is 6.18 Å². The van der Waals surface area contributed by atoms with Gasteiger partial charge in [0, 0.05) is 88.5 Å². The molecule has 0 bridgehead atoms. The second-order valence-electron chi connectivity index (χ2n) is 29.6. The van der Waals surface area contributed by atoms with E-state index < -0.39 is 151 Å². The Morgan fingerprint density at radius 2 is 1.24 bits per heavy atom. The zero-order chi connectivity index (χ0) is 76.4. The minimum absolute atomic E-state index is 0.0122. The van der Waals surface area contributed by atoms with Gasteiger partial charge in [-0.3, -0.25) is 57.5 Å². The van der Waals surface area contributed by atoms with Crippen LogP contribution < -0.4 is 21.7 Å². The zero-order valence-corrected chi connectivity index (χ0v) is 63.4. The van der Waals surface area contributed by atoms with E-state index in [1.165, 1.54) is 85.8 Å². The number of likely N-dealkylation sites (tertiary alicyclic amines) is 1. The molecule has 2 aliphatic carbocycles. The van der Waals surface area contributed by atoms with E-state index in [2.05, 4.69) is 16.0 Å². The number of aryl methyl sites for hydroxylation is 2. The lowest BCUT2D eigenvalue weighted by atomic mass is 9.82. The Bertz CT molecular complexity index is 3030. The predicted octanol–water partition coefficient (Wildman–Crippen LogP) is 4.75. The highest BCUT2D eigenvalue weighted by Crippen LogP contribution is 2.34. The minimum atomic E-state index is -4.63. The molecule has 4 aliphatic rings. The van der Waals surface area contributed by atoms with Gasteiger partial charge in [-0.05, 0) is 118 Å². The second kappa shape index (κ2) is 41.9. The Balaban J connectivity index is 1.55. The van der Waals surface area contributed by atoms with Crippen molar-refractivity contribution >= 4 is 70.9 Å². The maximum absolute atomic E-state index is 15.4. The summed E-state index contributed by atoms with van der Waals surface area (Å²) in [6.07, 6.45) is 6.37. The van der Waals surface area contributed by atoms with Crippen LogP contribution in [0.5, 0.6) is 0 Å². The maximum Gasteiger partial charge on any atom is 0.416 e. The van der Waals surface area contributed by atoms with Gasteiger partial charge < -0.3 is 70.5 Å². The number of likely N-dealkylation sites (N-methyl/N-ethyl adjacent to an activating group) is 7. The van der Waals surface area contributed by atoms with Gasteiger partial charge in [0.25, 0.3) is 0 Å². The van der Waals surface area contributed by atoms with E-state index in [0.29, 0.717) is 50.8 Å². The summed E-state index contributed by atoms with van der Waals surface area (Å²) in [6.45, 7) is 7.30. The Morgan fingerprint density at radius 1 is 0.631 bits per heavy atom. The van der Waals surface area contributed by atoms with Crippen molar-refractivity contribution < 1.29 is 75.4 Å². The number of benzene rings is 1. The Hall–Kier alpha value is -7.43. The molecule has 1 aromatic carbocycles. The lowest BCUT2D eigenvalue weighted by Crippen LogP contribution is -2.60. The van der Waals surface area contributed by atoms with Crippen molar-refractivity contribution in [1.29, 1.82) is 0 Å². The van der Waals surface area contributed by atoms with E-state index in [9.17, 15) is 65.9 Å². The molecule has 29 heteroatoms. The van der Waals surface area contributed by atoms with E-state index in [1.54, 1.807) is 18.9 Å². The van der Waals surface area contributed by atoms with Crippen LogP contribution in [0.2, 0.25) is 0 Å². The first-order chi connectivity index (χ1) is 48.7. The number of amides is 12. The van der Waals surface area contributed by atoms with E-state index in [1.807, 2.05) is 20.8 Å². The fraction of sp³-hybridized carbons (Fsp3) is 0.757. The Morgan fingerprint density at radius 3 is 1.85 bits per heavy atom. The Labute approximate surface area is 608 Å². The van der Waals surface area contributed by atoms with Crippen LogP contribution in [0.4, 0.5) is 13.2 Å². The highest BCUT2D eigenvalue weighted by Gasteiger charge is 2.44. The van der Waals surface area contributed by atoms with Crippen LogP contribution in [0.25, 0.3) is 0 Å². The third-order valence-corrected chi connectivity index (χ3v) is 21.2. The molecule has 1 aromatic rings. The predicted molar refractivity (Wildman–Crippen MR) is 383 cm³/mol. The van der Waals surface area contributed by atoms with Gasteiger partial charge in [0.2, 0.25) is 70.9 Å². The third-order valence-electron chi connectivity index (χ3n) is 21.2. The van der Waals surface area contributed by atoms with E-state index in [4.69, 9.17) is 10.5 Å². The number of hydrogen-bond acceptors (Lipinski definition) is 14. The molecule has 2 aliphatic heterocycles. The molecule has 12 amide bonds. The summed E-state index contributed by atoms with van der Waals surface area (Å²) in [5, 5.41) is 8.47. The van der Waals surface area contributed by atoms with Gasteiger partial charge in [-0.25, -0.2) is 0 Å². The van der Waals surface area contributed by atoms with Gasteiger partial charge in [0.1, 0.15) is 36.3 Å². The number of nitrogens with one attached hydrogen (secondary N) is 3. The van der Waals surface area contributed by atoms with Crippen LogP contribution in [0.3, 0.4) is 0 Å². The fourth-order valence-corrected chi connectivity index (χ4v) is 14.5. The lowest BCUT2D eigenvalue weighted by Gasteiger charge is -2.41. The van der Waals surface area contributed by atoms with Crippen LogP contribution in [-0.2, 0) is 74.9 Å². The zero-order valence-electron chi connectivity index (χ0n) is 63.4. The smallest absolute Gasteiger partial charge is 0.378 e. The normalized spacial score (nSPS) is 24.4. The number of hydrogen-bond donors (Lipinski definition) is 4. The summed E-state index contributed by atoms with van der Waals surface area (Å²) < 4.78 is 47.3. The maximum atomic E-state index is 15.4. The summed E-state index contributed by atoms with van der Waals surface area (Å²) in [5.41, 5.74) is 5.22. The summed E-state index contributed by atoms with van der Waals surface area (Å²) in [4.78, 5) is 187. The van der Waals surface area contributed by atoms with Crippen molar-refractivity contribution in [2.24, 2.45) is 29.4 Å². The summed E-state index contributed by atoms with van der Waals surface area (Å²) >= 11 is 0. The molecule has 2 saturated carbocycles. The minimum Gasteiger partial charge on any atom is -0.378 e. The number of carbonyl (C=O) groups is 12. The van der Waals surface area contributed by atoms with Gasteiger partial charge in [0.05, 0.1) is 51.4 Å². The summed E-state index contributed by atoms with van der Waals surface area (Å²) in [5.74, 6) is -8.24. The standard InChI is InChI=1S/C74H120F3N13O13/c1-13-50(4)66-72(101)84(8)47-64(95)82(6)48-65(96)86(10)58(43-52-25-17-14-18-26-52)70(99)83(7)45-61(92)80-56(33-31-53-30-32-55(51(5)42-53)74(75,76)77)69(98)90(38-40-103-39-34-78)46-60(91)79-35-22-21-29-62(93)88(12)67(54-27-19-15-20-28-54)73(102)87(11)59(71(100)89-36-23-16-24-37-89)44-63(94)85(9)57(41-49(2)3)68(97)81-66/h30,32,42,49-50,52,54,56-59,66-67H,13-29,31,33-41,43-48,78H2,1-12H3,(H,79,91)(H,80,92)(H,81,97)/t50-,56-,57-,58-,59-,66-,67-/m0/s1. The quantitative estimate of drug-likeness (QED) is 0.163. The topological polar surface area (TPSA) is 305 Å². The lowest BCUT2D eigenvalue weighted by molar-refractivity contribution is -0.155. The number of alkyl halides is 3. The number of piperidine rings is 1. The Kier molecular flexibility index (Phi) is 35.1. The van der Waals surface area contributed by atoms with Crippen LogP contribution in [0.1, 0.15) is 179 Å². The van der Waals surface area contributed by atoms with E-state index in [-0.39, 0.29) is 107 Å². The fourth-order valence-electron chi connectivity index (χ4n) is 14.5. The van der Waals surface area contributed by atoms with Crippen molar-refractivity contribution in [2.75, 3.05) is 121 Å². The molecule has 0 aromatic heterocycles. The molecule has 0 unspecified atom stereocenters. The SMILES string of the molecule is CC[C@H](C)[C@@H]1NC(=O)[C@H](CC(C)C)N(C)C(=O)C[C@@H](C(=O)N2CCCCC2)N(C)C(=O)[C@H](C2CCCCC2)N(C)C(=O)CCCCNC(=O)CN(CCOCCN)C(=O)[C@H](CCc2ccc(C(F)(F)F)c(C)c2)NC(=O)CN(C)C(=O)[C@H](CC2CCCCC2)N(C)C(=O)CN(C)C(=O)CN(C)C1=O. The van der Waals surface area contributed by atoms with Gasteiger partial charge in [-0.1, -0.05) is 97.6 Å². The first kappa shape index (κ1) is 86.2. The molecule has 2 saturated heterocycles. The van der Waals surface area contributed by atoms with Crippen LogP contribution >= 0.6 is 0 Å². The number of halogens is 3. The first-order valence-electron chi connectivity index (χ1n) is 37.4. The summed E-state index contributed by atoms with van der Waals surface area (Å²) in [6, 6.07) is -3.69. The van der Waals surface area contributed by atoms with Crippen LogP contribution in [-0.4, -0.2) is 273 Å². The number of ether oxygens (including phenoxy) is 1. The summed E-state index contributed by atoms with van der Waals surface area (Å²) in [7, 11) is 10.1. The van der Waals surface area contributed by atoms with Crippen molar-refractivity contribution in [3.05, 3.63) is 34.9 Å². The molecule has 0 radical (unpaired) electrons. The van der Waals surface area contributed by atoms with Gasteiger partial charge in [0.15, 0.2) is 0 Å². The number of nitrogens with two attached hydrogens (primary N) is 1. The number of nitrogens with zero attached hydrogens (tertiary/aromatic N) is 9. The van der Waals surface area contributed by atoms with Gasteiger partial charge in [-0.15, -0.1) is 0 Å². The molecule has 2 heterocycles. The van der Waals surface area contributed by atoms with Crippen molar-refractivity contribution in [1.82, 2.24) is 60.0 Å². The molecule has 7 atom stereocenters. The van der Waals surface area contributed by atoms with Crippen molar-refractivity contribution in [2.45, 2.75) is 218 Å². The molecule has 4 fully saturated rings. The molecule has 580 valence electrons. The van der Waals surface area contributed by atoms with Crippen LogP contribution in [0, 0.1) is 30.6 Å². The molecule has 103 heavy (non-hydrogen) atoms. The average Bonchev–Trinajstić information content (AvgIpc) is 0.810. The highest BCUT2D eigenvalue weighted by atomic mass is 19.4. The van der Waals surface area contributed by atoms with E-state index in [0.717, 1.165) is 78.6 Å².